The highest BCUT2D eigenvalue weighted by Gasteiger charge is 2.62. The van der Waals surface area contributed by atoms with Crippen LogP contribution < -0.4 is 4.74 Å². The average molecular weight is 350 g/mol. The molecule has 1 unspecified atom stereocenters. The fourth-order valence-corrected chi connectivity index (χ4v) is 3.78. The van der Waals surface area contributed by atoms with Crippen molar-refractivity contribution >= 4 is 0 Å². The lowest BCUT2D eigenvalue weighted by molar-refractivity contribution is -0.247. The van der Waals surface area contributed by atoms with Crippen LogP contribution in [0.25, 0.3) is 11.1 Å². The summed E-state index contributed by atoms with van der Waals surface area (Å²) >= 11 is 0. The molecule has 25 heavy (non-hydrogen) atoms. The van der Waals surface area contributed by atoms with E-state index in [0.717, 1.165) is 12.0 Å². The summed E-state index contributed by atoms with van der Waals surface area (Å²) in [5, 5.41) is 10.9. The summed E-state index contributed by atoms with van der Waals surface area (Å²) in [5.41, 5.74) is -0.470. The molecule has 0 heterocycles. The largest absolute Gasteiger partial charge is 0.493 e. The third-order valence-electron chi connectivity index (χ3n) is 5.05. The van der Waals surface area contributed by atoms with Crippen molar-refractivity contribution in [1.29, 1.82) is 0 Å². The lowest BCUT2D eigenvalue weighted by Crippen LogP contribution is -2.42. The molecule has 0 spiro atoms. The normalized spacial score (nSPS) is 18.9. The Morgan fingerprint density at radius 2 is 1.68 bits per heavy atom. The second kappa shape index (κ2) is 5.77. The van der Waals surface area contributed by atoms with Crippen molar-refractivity contribution in [2.45, 2.75) is 45.9 Å². The maximum Gasteiger partial charge on any atom is 0.425 e. The molecule has 1 aliphatic rings. The van der Waals surface area contributed by atoms with E-state index >= 15 is 0 Å². The second-order valence-corrected chi connectivity index (χ2v) is 6.56. The average Bonchev–Trinajstić information content (AvgIpc) is 2.84. The molecule has 0 radical (unpaired) electrons. The number of hydrogen-bond acceptors (Lipinski definition) is 2. The number of fused-ring (bicyclic) bond motifs is 3. The first kappa shape index (κ1) is 17.8. The van der Waals surface area contributed by atoms with Gasteiger partial charge in [0.05, 0.1) is 6.61 Å². The number of aliphatic hydroxyl groups is 1. The molecule has 3 rings (SSSR count). The maximum absolute atomic E-state index is 14.0. The summed E-state index contributed by atoms with van der Waals surface area (Å²) in [7, 11) is 0. The van der Waals surface area contributed by atoms with Crippen LogP contribution in [0.15, 0.2) is 24.3 Å². The lowest BCUT2D eigenvalue weighted by atomic mass is 9.85. The Balaban J connectivity index is 2.43. The number of ether oxygens (including phenoxy) is 1. The van der Waals surface area contributed by atoms with Crippen LogP contribution in [-0.2, 0) is 5.60 Å². The molecule has 1 N–H and O–H groups in total. The Kier molecular flexibility index (Phi) is 4.11. The van der Waals surface area contributed by atoms with Crippen molar-refractivity contribution in [3.63, 3.8) is 0 Å². The van der Waals surface area contributed by atoms with Gasteiger partial charge < -0.3 is 9.84 Å². The van der Waals surface area contributed by atoms with Gasteiger partial charge in [-0.3, -0.25) is 0 Å². The molecule has 2 aromatic rings. The van der Waals surface area contributed by atoms with Gasteiger partial charge in [-0.15, -0.1) is 0 Å². The van der Waals surface area contributed by atoms with Gasteiger partial charge in [0.1, 0.15) is 5.75 Å². The summed E-state index contributed by atoms with van der Waals surface area (Å²) in [6.07, 6.45) is -4.08. The van der Waals surface area contributed by atoms with Gasteiger partial charge in [0, 0.05) is 11.1 Å². The Morgan fingerprint density at radius 3 is 2.28 bits per heavy atom. The second-order valence-electron chi connectivity index (χ2n) is 6.56. The predicted molar refractivity (Wildman–Crippen MR) is 90.9 cm³/mol. The van der Waals surface area contributed by atoms with Crippen LogP contribution in [0, 0.1) is 20.8 Å². The Morgan fingerprint density at radius 1 is 1.04 bits per heavy atom. The van der Waals surface area contributed by atoms with Gasteiger partial charge in [0.2, 0.25) is 5.60 Å². The predicted octanol–water partition coefficient (Wildman–Crippen LogP) is 5.18. The topological polar surface area (TPSA) is 29.5 Å². The van der Waals surface area contributed by atoms with E-state index < -0.39 is 11.8 Å². The Bertz CT molecular complexity index is 840. The van der Waals surface area contributed by atoms with Crippen LogP contribution in [0.5, 0.6) is 5.75 Å². The van der Waals surface area contributed by atoms with E-state index in [2.05, 4.69) is 0 Å². The van der Waals surface area contributed by atoms with Crippen LogP contribution >= 0.6 is 0 Å². The summed E-state index contributed by atoms with van der Waals surface area (Å²) in [4.78, 5) is 0. The maximum atomic E-state index is 14.0. The van der Waals surface area contributed by atoms with Crippen LogP contribution in [0.1, 0.15) is 41.2 Å². The summed E-state index contributed by atoms with van der Waals surface area (Å²) in [6, 6.07) is 6.20. The van der Waals surface area contributed by atoms with Crippen LogP contribution in [-0.4, -0.2) is 17.9 Å². The molecule has 1 aliphatic carbocycles. The van der Waals surface area contributed by atoms with Crippen LogP contribution in [0.3, 0.4) is 0 Å². The molecule has 0 aliphatic heterocycles. The van der Waals surface area contributed by atoms with Crippen LogP contribution in [0.2, 0.25) is 0 Å². The summed E-state index contributed by atoms with van der Waals surface area (Å²) in [5.74, 6) is 0.439. The minimum absolute atomic E-state index is 0.101. The van der Waals surface area contributed by atoms with E-state index in [1.165, 1.54) is 12.1 Å². The summed E-state index contributed by atoms with van der Waals surface area (Å²) < 4.78 is 47.8. The molecule has 1 atom stereocenters. The molecule has 0 saturated carbocycles. The molecule has 134 valence electrons. The van der Waals surface area contributed by atoms with E-state index in [-0.39, 0.29) is 11.1 Å². The zero-order valence-electron chi connectivity index (χ0n) is 14.7. The first-order valence-corrected chi connectivity index (χ1v) is 8.32. The number of alkyl halides is 3. The molecular weight excluding hydrogens is 329 g/mol. The smallest absolute Gasteiger partial charge is 0.425 e. The standard InChI is InChI=1S/C20H21F3O2/c1-5-10-25-18-12(3)11(2)16-14-8-6-7-9-15(14)19(24,20(21,22)23)17(16)13(18)4/h6-9,24H,5,10H2,1-4H3. The van der Waals surface area contributed by atoms with Crippen molar-refractivity contribution in [2.75, 3.05) is 6.61 Å². The van der Waals surface area contributed by atoms with Crippen LogP contribution in [0.4, 0.5) is 13.2 Å². The van der Waals surface area contributed by atoms with Crippen molar-refractivity contribution < 1.29 is 23.0 Å². The molecule has 0 bridgehead atoms. The third kappa shape index (κ3) is 2.29. The SMILES string of the molecule is CCCOc1c(C)c(C)c2c(c1C)C(O)(C(F)(F)F)c1ccccc1-2. The number of benzene rings is 2. The zero-order valence-corrected chi connectivity index (χ0v) is 14.7. The molecule has 0 amide bonds. The van der Waals surface area contributed by atoms with E-state index in [9.17, 15) is 18.3 Å². The van der Waals surface area contributed by atoms with Gasteiger partial charge in [-0.05, 0) is 55.0 Å². The molecular formula is C20H21F3O2. The van der Waals surface area contributed by atoms with Crippen molar-refractivity contribution in [2.24, 2.45) is 0 Å². The van der Waals surface area contributed by atoms with Gasteiger partial charge in [0.25, 0.3) is 0 Å². The van der Waals surface area contributed by atoms with Gasteiger partial charge >= 0.3 is 6.18 Å². The Hall–Kier alpha value is -2.01. The molecule has 2 nitrogen and oxygen atoms in total. The highest BCUT2D eigenvalue weighted by Crippen LogP contribution is 2.58. The number of rotatable bonds is 3. The third-order valence-corrected chi connectivity index (χ3v) is 5.05. The minimum Gasteiger partial charge on any atom is -0.493 e. The fraction of sp³-hybridized carbons (Fsp3) is 0.400. The number of halogens is 3. The van der Waals surface area contributed by atoms with Gasteiger partial charge in [-0.2, -0.15) is 13.2 Å². The van der Waals surface area contributed by atoms with Crippen molar-refractivity contribution in [3.05, 3.63) is 52.1 Å². The minimum atomic E-state index is -4.83. The molecule has 0 saturated heterocycles. The van der Waals surface area contributed by atoms with E-state index in [1.807, 2.05) is 13.8 Å². The fourth-order valence-electron chi connectivity index (χ4n) is 3.78. The quantitative estimate of drug-likeness (QED) is 0.826. The lowest BCUT2D eigenvalue weighted by Gasteiger charge is -2.31. The monoisotopic (exact) mass is 350 g/mol. The first-order valence-electron chi connectivity index (χ1n) is 8.32. The highest BCUT2D eigenvalue weighted by atomic mass is 19.4. The van der Waals surface area contributed by atoms with Crippen molar-refractivity contribution in [3.8, 4) is 16.9 Å². The summed E-state index contributed by atoms with van der Waals surface area (Å²) in [6.45, 7) is 7.58. The van der Waals surface area contributed by atoms with Gasteiger partial charge in [-0.25, -0.2) is 0 Å². The highest BCUT2D eigenvalue weighted by molar-refractivity contribution is 5.86. The zero-order chi connectivity index (χ0) is 18.6. The van der Waals surface area contributed by atoms with E-state index in [0.29, 0.717) is 34.6 Å². The van der Waals surface area contributed by atoms with E-state index in [1.54, 1.807) is 26.0 Å². The van der Waals surface area contributed by atoms with E-state index in [4.69, 9.17) is 4.74 Å². The first-order chi connectivity index (χ1) is 11.7. The van der Waals surface area contributed by atoms with Crippen molar-refractivity contribution in [1.82, 2.24) is 0 Å². The molecule has 2 aromatic carbocycles. The molecule has 0 aromatic heterocycles. The number of hydrogen-bond donors (Lipinski definition) is 1. The Labute approximate surface area is 145 Å². The molecule has 5 heteroatoms. The molecule has 0 fully saturated rings. The van der Waals surface area contributed by atoms with Gasteiger partial charge in [-0.1, -0.05) is 31.2 Å². The van der Waals surface area contributed by atoms with Gasteiger partial charge in [0.15, 0.2) is 0 Å².